The molecule has 0 bridgehead atoms. The van der Waals surface area contributed by atoms with E-state index in [1.54, 1.807) is 24.3 Å². The number of aliphatic carboxylic acids is 1. The number of nitrogens with one attached hydrogen (secondary N) is 2. The molecular formula is C35H60ClN2O3Pt-2. The zero-order valence-electron chi connectivity index (χ0n) is 27.0. The summed E-state index contributed by atoms with van der Waals surface area (Å²) < 4.78 is 5.71. The SMILES string of the molecule is CC(C)CCC[C@@H](C)C1CCC2C3CC=C4CC(OCC(=O)O)CCC4(C)C3CCC21C.[Cl][Pt].[NH-]C1CCCCC1[NH-]. The largest absolute Gasteiger partial charge is 0.676 e. The quantitative estimate of drug-likeness (QED) is 0.248. The number of fused-ring (bicyclic) bond motifs is 5. The van der Waals surface area contributed by atoms with Crippen molar-refractivity contribution in [1.82, 2.24) is 0 Å². The van der Waals surface area contributed by atoms with Crippen molar-refractivity contribution in [2.75, 3.05) is 6.61 Å². The molecule has 42 heavy (non-hydrogen) atoms. The van der Waals surface area contributed by atoms with Crippen LogP contribution in [0.5, 0.6) is 0 Å². The maximum atomic E-state index is 10.9. The Bertz CT molecular complexity index is 876. The molecule has 247 valence electrons. The van der Waals surface area contributed by atoms with Gasteiger partial charge in [0.1, 0.15) is 6.61 Å². The summed E-state index contributed by atoms with van der Waals surface area (Å²) in [5, 5.41) is 8.99. The van der Waals surface area contributed by atoms with Crippen LogP contribution in [-0.2, 0) is 28.3 Å². The van der Waals surface area contributed by atoms with Gasteiger partial charge in [0.2, 0.25) is 0 Å². The molecule has 0 radical (unpaired) electrons. The molecule has 3 N–H and O–H groups in total. The van der Waals surface area contributed by atoms with Crippen LogP contribution >= 0.6 is 9.42 Å². The van der Waals surface area contributed by atoms with E-state index >= 15 is 0 Å². The number of ether oxygens (including phenoxy) is 1. The fourth-order valence-electron chi connectivity index (χ4n) is 10.1. The number of carboxylic acids is 1. The average Bonchev–Trinajstić information content (AvgIpc) is 3.32. The van der Waals surface area contributed by atoms with Gasteiger partial charge in [0.15, 0.2) is 0 Å². The van der Waals surface area contributed by atoms with Crippen LogP contribution in [0, 0.1) is 46.3 Å². The van der Waals surface area contributed by atoms with E-state index in [4.69, 9.17) is 21.3 Å². The molecule has 0 amide bonds. The topological polar surface area (TPSA) is 94.1 Å². The summed E-state index contributed by atoms with van der Waals surface area (Å²) >= 11 is 1.61. The molecule has 0 saturated heterocycles. The molecule has 0 aromatic carbocycles. The Morgan fingerprint density at radius 3 is 2.26 bits per heavy atom. The van der Waals surface area contributed by atoms with Crippen LogP contribution in [0.3, 0.4) is 0 Å². The second kappa shape index (κ2) is 16.6. The van der Waals surface area contributed by atoms with Crippen molar-refractivity contribution in [3.05, 3.63) is 23.1 Å². The maximum Gasteiger partial charge on any atom is -0.0548 e. The van der Waals surface area contributed by atoms with Gasteiger partial charge in [-0.15, -0.1) is 0 Å². The van der Waals surface area contributed by atoms with Crippen LogP contribution in [-0.4, -0.2) is 35.9 Å². The van der Waals surface area contributed by atoms with Gasteiger partial charge in [-0.05, 0) is 97.7 Å². The monoisotopic (exact) mass is 786 g/mol. The Morgan fingerprint density at radius 2 is 1.67 bits per heavy atom. The van der Waals surface area contributed by atoms with Gasteiger partial charge >= 0.3 is 34.2 Å². The first-order chi connectivity index (χ1) is 20.0. The second-order valence-electron chi connectivity index (χ2n) is 15.4. The molecule has 0 spiro atoms. The molecule has 4 saturated carbocycles. The summed E-state index contributed by atoms with van der Waals surface area (Å²) in [7, 11) is 4.61. The first-order valence-electron chi connectivity index (χ1n) is 17.0. The van der Waals surface area contributed by atoms with E-state index in [0.717, 1.165) is 61.2 Å². The van der Waals surface area contributed by atoms with E-state index in [0.29, 0.717) is 10.8 Å². The number of carbonyl (C=O) groups is 1. The van der Waals surface area contributed by atoms with E-state index in [1.165, 1.54) is 70.6 Å². The van der Waals surface area contributed by atoms with Crippen LogP contribution in [0.1, 0.15) is 131 Å². The van der Waals surface area contributed by atoms with E-state index in [2.05, 4.69) is 50.1 Å². The van der Waals surface area contributed by atoms with Crippen LogP contribution in [0.15, 0.2) is 11.6 Å². The molecule has 0 heterocycles. The zero-order valence-corrected chi connectivity index (χ0v) is 30.1. The Labute approximate surface area is 272 Å². The minimum atomic E-state index is -0.850. The Morgan fingerprint density at radius 1 is 1.00 bits per heavy atom. The minimum absolute atomic E-state index is 0.0799. The summed E-state index contributed by atoms with van der Waals surface area (Å²) in [5.74, 6) is 4.33. The number of allylic oxidation sites excluding steroid dienone is 1. The van der Waals surface area contributed by atoms with Gasteiger partial charge in [0.05, 0.1) is 6.10 Å². The van der Waals surface area contributed by atoms with Crippen molar-refractivity contribution < 1.29 is 33.4 Å². The van der Waals surface area contributed by atoms with Crippen molar-refractivity contribution in [2.24, 2.45) is 46.3 Å². The van der Waals surface area contributed by atoms with Crippen molar-refractivity contribution in [2.45, 2.75) is 149 Å². The number of hydrogen-bond acceptors (Lipinski definition) is 2. The van der Waals surface area contributed by atoms with Crippen LogP contribution in [0.2, 0.25) is 0 Å². The first-order valence-corrected chi connectivity index (χ1v) is 19.8. The van der Waals surface area contributed by atoms with E-state index in [1.807, 2.05) is 0 Å². The zero-order chi connectivity index (χ0) is 31.1. The van der Waals surface area contributed by atoms with Gasteiger partial charge in [-0.1, -0.05) is 91.2 Å². The number of carboxylic acid groups (broad SMARTS) is 1. The molecule has 5 rings (SSSR count). The molecule has 0 aromatic rings. The van der Waals surface area contributed by atoms with E-state index in [9.17, 15) is 4.79 Å². The normalized spacial score (nSPS) is 39.8. The predicted molar refractivity (Wildman–Crippen MR) is 171 cm³/mol. The second-order valence-corrected chi connectivity index (χ2v) is 15.4. The third-order valence-corrected chi connectivity index (χ3v) is 12.5. The molecule has 10 atom stereocenters. The van der Waals surface area contributed by atoms with Crippen molar-refractivity contribution in [3.63, 3.8) is 0 Å². The van der Waals surface area contributed by atoms with Crippen molar-refractivity contribution >= 4 is 15.4 Å². The summed E-state index contributed by atoms with van der Waals surface area (Å²) in [6.45, 7) is 12.3. The van der Waals surface area contributed by atoms with Crippen molar-refractivity contribution in [3.8, 4) is 0 Å². The third kappa shape index (κ3) is 8.65. The Kier molecular flexibility index (Phi) is 14.4. The Hall–Kier alpha value is 0.0683. The average molecular weight is 787 g/mol. The summed E-state index contributed by atoms with van der Waals surface area (Å²) in [6, 6.07) is -0.160. The minimum Gasteiger partial charge on any atom is -0.676 e. The fraction of sp³-hybridized carbons (Fsp3) is 0.914. The van der Waals surface area contributed by atoms with E-state index < -0.39 is 5.97 Å². The molecule has 9 unspecified atom stereocenters. The molecule has 5 aliphatic carbocycles. The number of rotatable bonds is 8. The van der Waals surface area contributed by atoms with Gasteiger partial charge in [-0.25, -0.2) is 4.79 Å². The molecule has 0 aliphatic heterocycles. The van der Waals surface area contributed by atoms with E-state index in [-0.39, 0.29) is 24.8 Å². The predicted octanol–water partition coefficient (Wildman–Crippen LogP) is 10.6. The van der Waals surface area contributed by atoms with Crippen LogP contribution in [0.4, 0.5) is 0 Å². The van der Waals surface area contributed by atoms with Gasteiger partial charge in [0.25, 0.3) is 0 Å². The third-order valence-electron chi connectivity index (χ3n) is 12.5. The number of halogens is 1. The molecule has 4 fully saturated rings. The smallest absolute Gasteiger partial charge is 0.0548 e. The Balaban J connectivity index is 0.000000414. The van der Waals surface area contributed by atoms with Crippen LogP contribution in [0.25, 0.3) is 11.5 Å². The molecule has 5 aliphatic rings. The van der Waals surface area contributed by atoms with Gasteiger partial charge in [0, 0.05) is 0 Å². The van der Waals surface area contributed by atoms with Gasteiger partial charge < -0.3 is 21.3 Å². The van der Waals surface area contributed by atoms with Crippen molar-refractivity contribution in [1.29, 1.82) is 0 Å². The molecule has 7 heteroatoms. The summed E-state index contributed by atoms with van der Waals surface area (Å²) in [4.78, 5) is 10.9. The summed E-state index contributed by atoms with van der Waals surface area (Å²) in [6.07, 6.45) is 21.2. The molecule has 0 aromatic heterocycles. The summed E-state index contributed by atoms with van der Waals surface area (Å²) in [5.41, 5.74) is 17.0. The van der Waals surface area contributed by atoms with Gasteiger partial charge in [-0.2, -0.15) is 12.1 Å². The number of hydrogen-bond donors (Lipinski definition) is 1. The maximum absolute atomic E-state index is 10.9. The first kappa shape index (κ1) is 36.5. The molecular weight excluding hydrogens is 727 g/mol. The van der Waals surface area contributed by atoms with Gasteiger partial charge in [-0.3, -0.25) is 0 Å². The van der Waals surface area contributed by atoms with Crippen LogP contribution < -0.4 is 0 Å². The molecule has 5 nitrogen and oxygen atoms in total. The standard InChI is InChI=1S/C29H48O3.C6H12N2.ClH.Pt/c1-19(2)7-6-8-20(3)24-11-12-25-23-10-9-21-17-22(32-18-27(30)31)13-15-28(21,4)26(23)14-16-29(24,25)5;7-5-3-1-2-4-6(5)8;;/h9,19-20,22-26H,6-8,10-18H2,1-5H3,(H,30,31);5-8H,1-4H2;1H;/q;-2;;+1/p-1/t20-,22?,23?,24?,25?,26?,28?,29?;;;/m1.../s1. The fourth-order valence-corrected chi connectivity index (χ4v) is 10.1.